The number of fused-ring (bicyclic) bond motifs is 1. The molecule has 0 spiro atoms. The highest BCUT2D eigenvalue weighted by atomic mass is 35.5. The fraction of sp³-hybridized carbons (Fsp3) is 0.318. The van der Waals surface area contributed by atoms with E-state index < -0.39 is 12.6 Å². The minimum Gasteiger partial charge on any atom is -0.482 e. The van der Waals surface area contributed by atoms with Gasteiger partial charge >= 0.3 is 5.97 Å². The summed E-state index contributed by atoms with van der Waals surface area (Å²) in [5.41, 5.74) is 2.31. The zero-order valence-corrected chi connectivity index (χ0v) is 17.6. The lowest BCUT2D eigenvalue weighted by atomic mass is 10.1. The van der Waals surface area contributed by atoms with Crippen LogP contribution in [-0.4, -0.2) is 22.7 Å². The van der Waals surface area contributed by atoms with E-state index in [0.717, 1.165) is 23.7 Å². The number of hydrogen-bond donors (Lipinski definition) is 2. The zero-order valence-electron chi connectivity index (χ0n) is 16.1. The molecule has 0 aliphatic rings. The van der Waals surface area contributed by atoms with Gasteiger partial charge in [-0.15, -0.1) is 0 Å². The first-order valence-electron chi connectivity index (χ1n) is 9.59. The quantitative estimate of drug-likeness (QED) is 0.341. The van der Waals surface area contributed by atoms with Crippen LogP contribution in [0.5, 0.6) is 17.2 Å². The number of carboxylic acid groups (broad SMARTS) is 1. The fourth-order valence-corrected chi connectivity index (χ4v) is 3.69. The van der Waals surface area contributed by atoms with E-state index in [1.807, 2.05) is 18.2 Å². The molecule has 7 heteroatoms. The number of aromatic amines is 1. The normalized spacial score (nSPS) is 11.0. The molecule has 2 N–H and O–H groups in total. The number of aliphatic carboxylic acids is 1. The Labute approximate surface area is 179 Å². The summed E-state index contributed by atoms with van der Waals surface area (Å²) in [6.45, 7) is 1.73. The second-order valence-corrected chi connectivity index (χ2v) is 7.65. The van der Waals surface area contributed by atoms with E-state index in [9.17, 15) is 4.79 Å². The molecule has 0 aliphatic heterocycles. The number of H-pyrrole nitrogens is 1. The number of hydrogen-bond acceptors (Lipinski definition) is 3. The molecule has 0 amide bonds. The van der Waals surface area contributed by atoms with Crippen molar-refractivity contribution in [1.82, 2.24) is 4.98 Å². The molecule has 154 valence electrons. The Hall–Kier alpha value is -2.37. The Bertz CT molecular complexity index is 977. The first kappa shape index (κ1) is 21.3. The van der Waals surface area contributed by atoms with Gasteiger partial charge < -0.3 is 19.6 Å². The first-order valence-corrected chi connectivity index (χ1v) is 10.3. The molecule has 0 unspecified atom stereocenters. The Morgan fingerprint density at radius 2 is 1.83 bits per heavy atom. The topological polar surface area (TPSA) is 71.5 Å². The Morgan fingerprint density at radius 1 is 1.07 bits per heavy atom. The monoisotopic (exact) mass is 435 g/mol. The van der Waals surface area contributed by atoms with Crippen LogP contribution in [0.3, 0.4) is 0 Å². The molecule has 5 nitrogen and oxygen atoms in total. The van der Waals surface area contributed by atoms with Crippen molar-refractivity contribution in [2.45, 2.75) is 39.0 Å². The van der Waals surface area contributed by atoms with Crippen LogP contribution >= 0.6 is 23.2 Å². The van der Waals surface area contributed by atoms with Crippen molar-refractivity contribution >= 4 is 40.1 Å². The number of benzene rings is 2. The summed E-state index contributed by atoms with van der Waals surface area (Å²) in [6, 6.07) is 8.76. The van der Waals surface area contributed by atoms with Crippen LogP contribution < -0.4 is 9.47 Å². The van der Waals surface area contributed by atoms with Crippen LogP contribution in [0.15, 0.2) is 36.5 Å². The molecule has 0 radical (unpaired) electrons. The SMILES string of the molecule is CCCCCCc1c[nH]c2ccc(Oc3c(Cl)cc(OCC(=O)O)cc3Cl)cc12. The van der Waals surface area contributed by atoms with Crippen molar-refractivity contribution in [3.05, 3.63) is 52.1 Å². The number of unbranched alkanes of at least 4 members (excludes halogenated alkanes) is 3. The summed E-state index contributed by atoms with van der Waals surface area (Å²) in [5, 5.41) is 10.3. The number of carboxylic acids is 1. The molecule has 0 atom stereocenters. The maximum absolute atomic E-state index is 10.6. The van der Waals surface area contributed by atoms with Crippen LogP contribution in [0.25, 0.3) is 10.9 Å². The van der Waals surface area contributed by atoms with E-state index in [1.165, 1.54) is 37.0 Å². The van der Waals surface area contributed by atoms with E-state index >= 15 is 0 Å². The third kappa shape index (κ3) is 5.58. The molecule has 29 heavy (non-hydrogen) atoms. The van der Waals surface area contributed by atoms with Crippen molar-refractivity contribution in [2.24, 2.45) is 0 Å². The summed E-state index contributed by atoms with van der Waals surface area (Å²) in [7, 11) is 0. The van der Waals surface area contributed by atoms with Crippen molar-refractivity contribution < 1.29 is 19.4 Å². The van der Waals surface area contributed by atoms with Gasteiger partial charge in [-0.05, 0) is 36.6 Å². The number of ether oxygens (including phenoxy) is 2. The maximum atomic E-state index is 10.6. The maximum Gasteiger partial charge on any atom is 0.341 e. The fourth-order valence-electron chi connectivity index (χ4n) is 3.15. The minimum atomic E-state index is -1.08. The highest BCUT2D eigenvalue weighted by Gasteiger charge is 2.14. The summed E-state index contributed by atoms with van der Waals surface area (Å²) in [5.74, 6) is 0.110. The highest BCUT2D eigenvalue weighted by molar-refractivity contribution is 6.37. The van der Waals surface area contributed by atoms with Crippen LogP contribution in [-0.2, 0) is 11.2 Å². The van der Waals surface area contributed by atoms with Gasteiger partial charge in [0.1, 0.15) is 11.5 Å². The number of halogens is 2. The van der Waals surface area contributed by atoms with Crippen LogP contribution in [0.2, 0.25) is 10.0 Å². The molecule has 0 fully saturated rings. The number of nitrogens with one attached hydrogen (secondary N) is 1. The van der Waals surface area contributed by atoms with Crippen molar-refractivity contribution in [3.8, 4) is 17.2 Å². The van der Waals surface area contributed by atoms with E-state index in [0.29, 0.717) is 11.5 Å². The average Bonchev–Trinajstić information content (AvgIpc) is 3.09. The van der Waals surface area contributed by atoms with Crippen molar-refractivity contribution in [3.63, 3.8) is 0 Å². The van der Waals surface area contributed by atoms with E-state index in [-0.39, 0.29) is 15.8 Å². The van der Waals surface area contributed by atoms with E-state index in [4.69, 9.17) is 37.8 Å². The zero-order chi connectivity index (χ0) is 20.8. The summed E-state index contributed by atoms with van der Waals surface area (Å²) >= 11 is 12.6. The van der Waals surface area contributed by atoms with Crippen molar-refractivity contribution in [1.29, 1.82) is 0 Å². The average molecular weight is 436 g/mol. The van der Waals surface area contributed by atoms with Crippen molar-refractivity contribution in [2.75, 3.05) is 6.61 Å². The Kier molecular flexibility index (Phi) is 7.29. The van der Waals surface area contributed by atoms with Gasteiger partial charge in [0.05, 0.1) is 10.0 Å². The third-order valence-corrected chi connectivity index (χ3v) is 5.15. The second-order valence-electron chi connectivity index (χ2n) is 6.83. The van der Waals surface area contributed by atoms with Gasteiger partial charge in [0, 0.05) is 29.2 Å². The molecular weight excluding hydrogens is 413 g/mol. The number of rotatable bonds is 10. The molecule has 3 rings (SSSR count). The van der Waals surface area contributed by atoms with Crippen LogP contribution in [0.1, 0.15) is 38.2 Å². The van der Waals surface area contributed by atoms with Gasteiger partial charge in [0.15, 0.2) is 12.4 Å². The van der Waals surface area contributed by atoms with Gasteiger partial charge in [-0.2, -0.15) is 0 Å². The van der Waals surface area contributed by atoms with E-state index in [1.54, 1.807) is 0 Å². The molecule has 1 heterocycles. The molecule has 0 aliphatic carbocycles. The standard InChI is InChI=1S/C22H23Cl2NO4/c1-2-3-4-5-6-14-12-25-20-8-7-15(9-17(14)20)29-22-18(23)10-16(11-19(22)24)28-13-21(26)27/h7-12,25H,2-6,13H2,1H3,(H,26,27). The molecule has 0 saturated heterocycles. The van der Waals surface area contributed by atoms with Gasteiger partial charge in [-0.25, -0.2) is 4.79 Å². The highest BCUT2D eigenvalue weighted by Crippen LogP contribution is 2.40. The smallest absolute Gasteiger partial charge is 0.341 e. The van der Waals surface area contributed by atoms with Crippen LogP contribution in [0, 0.1) is 0 Å². The first-order chi connectivity index (χ1) is 14.0. The lowest BCUT2D eigenvalue weighted by Gasteiger charge is -2.12. The van der Waals surface area contributed by atoms with Gasteiger partial charge in [-0.3, -0.25) is 0 Å². The molecular formula is C22H23Cl2NO4. The minimum absolute atomic E-state index is 0.242. The Morgan fingerprint density at radius 3 is 2.52 bits per heavy atom. The molecule has 0 bridgehead atoms. The van der Waals surface area contributed by atoms with Gasteiger partial charge in [0.2, 0.25) is 0 Å². The lowest BCUT2D eigenvalue weighted by molar-refractivity contribution is -0.139. The van der Waals surface area contributed by atoms with Gasteiger partial charge in [0.25, 0.3) is 0 Å². The molecule has 1 aromatic heterocycles. The Balaban J connectivity index is 1.78. The van der Waals surface area contributed by atoms with E-state index in [2.05, 4.69) is 18.1 Å². The predicted octanol–water partition coefficient (Wildman–Crippen LogP) is 6.85. The lowest BCUT2D eigenvalue weighted by Crippen LogP contribution is -2.09. The third-order valence-electron chi connectivity index (χ3n) is 4.59. The summed E-state index contributed by atoms with van der Waals surface area (Å²) < 4.78 is 11.1. The summed E-state index contributed by atoms with van der Waals surface area (Å²) in [6.07, 6.45) is 7.91. The summed E-state index contributed by atoms with van der Waals surface area (Å²) in [4.78, 5) is 13.9. The number of aryl methyl sites for hydroxylation is 1. The van der Waals surface area contributed by atoms with Crippen LogP contribution in [0.4, 0.5) is 0 Å². The molecule has 0 saturated carbocycles. The number of carbonyl (C=O) groups is 1. The molecule has 2 aromatic carbocycles. The largest absolute Gasteiger partial charge is 0.482 e. The second kappa shape index (κ2) is 9.90. The number of aromatic nitrogens is 1. The van der Waals surface area contributed by atoms with Gasteiger partial charge in [-0.1, -0.05) is 49.4 Å². The predicted molar refractivity (Wildman–Crippen MR) is 116 cm³/mol. The molecule has 3 aromatic rings.